The van der Waals surface area contributed by atoms with Crippen LogP contribution in [0.3, 0.4) is 0 Å². The van der Waals surface area contributed by atoms with Crippen LogP contribution in [0.25, 0.3) is 10.9 Å². The lowest BCUT2D eigenvalue weighted by atomic mass is 10.0. The summed E-state index contributed by atoms with van der Waals surface area (Å²) in [6, 6.07) is 8.68. The Morgan fingerprint density at radius 2 is 2.00 bits per heavy atom. The van der Waals surface area contributed by atoms with Gasteiger partial charge in [0.2, 0.25) is 0 Å². The van der Waals surface area contributed by atoms with Gasteiger partial charge in [0.05, 0.1) is 0 Å². The number of para-hydroxylation sites is 1. The molecule has 2 radical (unpaired) electrons. The fraction of sp³-hybridized carbons (Fsp3) is 0. The number of nitrogens with one attached hydrogen (secondary N) is 1. The Hall–Kier alpha value is -1.51. The van der Waals surface area contributed by atoms with Crippen molar-refractivity contribution in [2.24, 2.45) is 0 Å². The Balaban J connectivity index is 2.99. The molecule has 12 heavy (non-hydrogen) atoms. The minimum Gasteiger partial charge on any atom is -0.368 e. The fourth-order valence-electron chi connectivity index (χ4n) is 1.22. The number of fused-ring (bicyclic) bond motifs is 1. The minimum absolute atomic E-state index is 0.0400. The molecule has 1 aromatic carbocycles. The van der Waals surface area contributed by atoms with Crippen LogP contribution in [-0.4, -0.2) is 12.8 Å². The van der Waals surface area contributed by atoms with Gasteiger partial charge in [0.1, 0.15) is 7.85 Å². The molecule has 2 aromatic rings. The molecule has 0 aliphatic carbocycles. The van der Waals surface area contributed by atoms with E-state index in [4.69, 9.17) is 7.85 Å². The maximum atomic E-state index is 11.3. The number of pyridine rings is 1. The molecule has 0 fully saturated rings. The van der Waals surface area contributed by atoms with Crippen LogP contribution in [0.4, 0.5) is 0 Å². The summed E-state index contributed by atoms with van der Waals surface area (Å²) >= 11 is 0. The Morgan fingerprint density at radius 1 is 1.25 bits per heavy atom. The average molecular weight is 155 g/mol. The molecule has 2 nitrogen and oxygen atoms in total. The Kier molecular flexibility index (Phi) is 1.50. The summed E-state index contributed by atoms with van der Waals surface area (Å²) in [5.41, 5.74) is 1.14. The summed E-state index contributed by atoms with van der Waals surface area (Å²) in [5, 5.41) is 0.673. The largest absolute Gasteiger partial charge is 0.368 e. The number of benzene rings is 1. The van der Waals surface area contributed by atoms with Crippen molar-refractivity contribution in [2.75, 3.05) is 0 Å². The predicted molar refractivity (Wildman–Crippen MR) is 50.0 cm³/mol. The van der Waals surface area contributed by atoms with E-state index in [9.17, 15) is 4.79 Å². The molecule has 0 aliphatic heterocycles. The molecule has 0 aliphatic rings. The molecule has 56 valence electrons. The maximum Gasteiger partial charge on any atom is 0.188 e. The van der Waals surface area contributed by atoms with Crippen molar-refractivity contribution >= 4 is 24.3 Å². The monoisotopic (exact) mass is 155 g/mol. The SMILES string of the molecule is [B]c1cc(=O)c2ccccc2[nH]1. The smallest absolute Gasteiger partial charge is 0.188 e. The van der Waals surface area contributed by atoms with Crippen LogP contribution in [0, 0.1) is 0 Å². The van der Waals surface area contributed by atoms with Gasteiger partial charge in [-0.1, -0.05) is 12.1 Å². The standard InChI is InChI=1S/C9H6BNO/c10-9-5-8(12)6-3-1-2-4-7(6)11-9/h1-5H,(H,11,12). The highest BCUT2D eigenvalue weighted by molar-refractivity contribution is 6.31. The van der Waals surface area contributed by atoms with Crippen molar-refractivity contribution in [1.82, 2.24) is 4.98 Å². The number of hydrogen-bond acceptors (Lipinski definition) is 1. The van der Waals surface area contributed by atoms with Crippen LogP contribution in [0.15, 0.2) is 35.1 Å². The third-order valence-corrected chi connectivity index (χ3v) is 1.76. The third kappa shape index (κ3) is 1.03. The molecule has 0 bridgehead atoms. The van der Waals surface area contributed by atoms with Crippen molar-refractivity contribution in [3.05, 3.63) is 40.6 Å². The van der Waals surface area contributed by atoms with Gasteiger partial charge in [-0.15, -0.1) is 0 Å². The lowest BCUT2D eigenvalue weighted by molar-refractivity contribution is 1.45. The number of rotatable bonds is 0. The highest BCUT2D eigenvalue weighted by Crippen LogP contribution is 2.02. The molecule has 0 unspecified atom stereocenters. The van der Waals surface area contributed by atoms with Gasteiger partial charge >= 0.3 is 0 Å². The molecular formula is C9H6BNO. The first kappa shape index (κ1) is 7.16. The number of aromatic nitrogens is 1. The molecule has 0 atom stereocenters. The lowest BCUT2D eigenvalue weighted by Gasteiger charge is -1.98. The number of hydrogen-bond donors (Lipinski definition) is 1. The zero-order valence-corrected chi connectivity index (χ0v) is 6.37. The van der Waals surface area contributed by atoms with Crippen LogP contribution in [0.1, 0.15) is 0 Å². The zero-order chi connectivity index (χ0) is 8.55. The molecule has 3 heteroatoms. The van der Waals surface area contributed by atoms with E-state index in [1.54, 1.807) is 6.07 Å². The van der Waals surface area contributed by atoms with Crippen molar-refractivity contribution in [3.8, 4) is 0 Å². The molecule has 0 amide bonds. The average Bonchev–Trinajstić information content (AvgIpc) is 2.04. The molecule has 0 saturated heterocycles. The second-order valence-electron chi connectivity index (χ2n) is 2.63. The quantitative estimate of drug-likeness (QED) is 0.546. The predicted octanol–water partition coefficient (Wildman–Crippen LogP) is 0.322. The van der Waals surface area contributed by atoms with E-state index in [0.29, 0.717) is 11.0 Å². The van der Waals surface area contributed by atoms with E-state index in [0.717, 1.165) is 5.52 Å². The van der Waals surface area contributed by atoms with Crippen molar-refractivity contribution < 1.29 is 0 Å². The van der Waals surface area contributed by atoms with E-state index in [-0.39, 0.29) is 5.43 Å². The zero-order valence-electron chi connectivity index (χ0n) is 6.37. The van der Waals surface area contributed by atoms with Crippen LogP contribution in [0.5, 0.6) is 0 Å². The third-order valence-electron chi connectivity index (χ3n) is 1.76. The highest BCUT2D eigenvalue weighted by atomic mass is 16.1. The van der Waals surface area contributed by atoms with Crippen LogP contribution in [-0.2, 0) is 0 Å². The normalized spacial score (nSPS) is 10.3. The Labute approximate surface area is 70.6 Å². The molecular weight excluding hydrogens is 149 g/mol. The van der Waals surface area contributed by atoms with Crippen LogP contribution >= 0.6 is 0 Å². The van der Waals surface area contributed by atoms with E-state index in [1.165, 1.54) is 6.07 Å². The van der Waals surface area contributed by atoms with Crippen molar-refractivity contribution in [3.63, 3.8) is 0 Å². The van der Waals surface area contributed by atoms with Gasteiger partial charge in [0.15, 0.2) is 5.43 Å². The molecule has 2 rings (SSSR count). The lowest BCUT2D eigenvalue weighted by Crippen LogP contribution is -2.16. The van der Waals surface area contributed by atoms with Crippen LogP contribution in [0.2, 0.25) is 0 Å². The first-order valence-corrected chi connectivity index (χ1v) is 3.65. The first-order valence-electron chi connectivity index (χ1n) is 3.65. The maximum absolute atomic E-state index is 11.3. The van der Waals surface area contributed by atoms with Crippen molar-refractivity contribution in [2.45, 2.75) is 0 Å². The topological polar surface area (TPSA) is 32.9 Å². The molecule has 1 aromatic heterocycles. The van der Waals surface area contributed by atoms with Gasteiger partial charge in [0.25, 0.3) is 0 Å². The minimum atomic E-state index is -0.0400. The Bertz CT molecular complexity index is 475. The second kappa shape index (κ2) is 2.52. The summed E-state index contributed by atoms with van der Waals surface area (Å²) in [7, 11) is 5.47. The van der Waals surface area contributed by atoms with Crippen LogP contribution < -0.4 is 11.0 Å². The van der Waals surface area contributed by atoms with Crippen molar-refractivity contribution in [1.29, 1.82) is 0 Å². The summed E-state index contributed by atoms with van der Waals surface area (Å²) in [6.07, 6.45) is 0. The van der Waals surface area contributed by atoms with Gasteiger partial charge in [-0.2, -0.15) is 0 Å². The van der Waals surface area contributed by atoms with E-state index >= 15 is 0 Å². The van der Waals surface area contributed by atoms with Gasteiger partial charge in [0, 0.05) is 10.9 Å². The summed E-state index contributed by atoms with van der Waals surface area (Å²) in [5.74, 6) is 0. The number of H-pyrrole nitrogens is 1. The molecule has 0 saturated carbocycles. The summed E-state index contributed by atoms with van der Waals surface area (Å²) in [6.45, 7) is 0. The van der Waals surface area contributed by atoms with E-state index in [1.807, 2.05) is 18.2 Å². The molecule has 1 heterocycles. The van der Waals surface area contributed by atoms with E-state index < -0.39 is 0 Å². The highest BCUT2D eigenvalue weighted by Gasteiger charge is 1.96. The van der Waals surface area contributed by atoms with Gasteiger partial charge in [-0.05, 0) is 23.8 Å². The molecule has 1 N–H and O–H groups in total. The van der Waals surface area contributed by atoms with Gasteiger partial charge in [-0.3, -0.25) is 4.79 Å². The molecule has 0 spiro atoms. The van der Waals surface area contributed by atoms with E-state index in [2.05, 4.69) is 4.98 Å². The fourth-order valence-corrected chi connectivity index (χ4v) is 1.22. The summed E-state index contributed by atoms with van der Waals surface area (Å²) in [4.78, 5) is 14.2. The second-order valence-corrected chi connectivity index (χ2v) is 2.63. The number of aromatic amines is 1. The first-order chi connectivity index (χ1) is 5.77. The summed E-state index contributed by atoms with van der Waals surface area (Å²) < 4.78 is 0. The van der Waals surface area contributed by atoms with Gasteiger partial charge in [-0.25, -0.2) is 0 Å². The van der Waals surface area contributed by atoms with Gasteiger partial charge < -0.3 is 4.98 Å². The Morgan fingerprint density at radius 3 is 2.83 bits per heavy atom.